The maximum atomic E-state index is 13.5. The summed E-state index contributed by atoms with van der Waals surface area (Å²) in [4.78, 5) is 12.1. The summed E-state index contributed by atoms with van der Waals surface area (Å²) < 4.78 is 46.3. The molecule has 0 amide bonds. The Bertz CT molecular complexity index is 1780. The summed E-state index contributed by atoms with van der Waals surface area (Å²) in [6, 6.07) is 25.4. The van der Waals surface area contributed by atoms with Gasteiger partial charge in [0.25, 0.3) is 15.7 Å². The lowest BCUT2D eigenvalue weighted by Gasteiger charge is -2.10. The number of hydrogen-bond acceptors (Lipinski definition) is 5. The van der Waals surface area contributed by atoms with E-state index in [2.05, 4.69) is 4.40 Å². The van der Waals surface area contributed by atoms with Crippen molar-refractivity contribution in [1.29, 1.82) is 0 Å². The highest BCUT2D eigenvalue weighted by Gasteiger charge is 2.24. The number of fused-ring (bicyclic) bond motifs is 1. The molecule has 0 aliphatic carbocycles. The lowest BCUT2D eigenvalue weighted by atomic mass is 10.1. The number of halogens is 1. The van der Waals surface area contributed by atoms with Crippen LogP contribution in [-0.2, 0) is 10.0 Å². The third kappa shape index (κ3) is 4.96. The SMILES string of the molecule is Cc1c(Sc2ccc([N+](=O)[O-])cc2)c2ccccn2c1C(=NS(=O)(=O)c1ccc(F)cc1)c1ccccc1. The average molecular weight is 546 g/mol. The van der Waals surface area contributed by atoms with Crippen molar-refractivity contribution in [2.75, 3.05) is 0 Å². The fourth-order valence-corrected chi connectivity index (χ4v) is 6.13. The van der Waals surface area contributed by atoms with Gasteiger partial charge >= 0.3 is 0 Å². The third-order valence-electron chi connectivity index (χ3n) is 5.89. The highest BCUT2D eigenvalue weighted by atomic mass is 32.2. The van der Waals surface area contributed by atoms with E-state index in [1.54, 1.807) is 36.4 Å². The molecule has 5 aromatic rings. The number of nitro groups is 1. The van der Waals surface area contributed by atoms with Crippen molar-refractivity contribution in [2.45, 2.75) is 21.6 Å². The quantitative estimate of drug-likeness (QED) is 0.129. The van der Waals surface area contributed by atoms with E-state index in [-0.39, 0.29) is 16.3 Å². The Morgan fingerprint density at radius 3 is 2.24 bits per heavy atom. The van der Waals surface area contributed by atoms with E-state index in [0.29, 0.717) is 11.3 Å². The Labute approximate surface area is 222 Å². The topological polar surface area (TPSA) is 94.0 Å². The number of sulfonamides is 1. The monoisotopic (exact) mass is 545 g/mol. The zero-order valence-electron chi connectivity index (χ0n) is 20.0. The molecule has 0 saturated carbocycles. The highest BCUT2D eigenvalue weighted by molar-refractivity contribution is 7.99. The first-order valence-electron chi connectivity index (χ1n) is 11.4. The summed E-state index contributed by atoms with van der Waals surface area (Å²) in [7, 11) is -4.18. The first-order chi connectivity index (χ1) is 18.2. The van der Waals surface area contributed by atoms with Gasteiger partial charge in [-0.15, -0.1) is 0 Å². The minimum absolute atomic E-state index is 0.00185. The van der Waals surface area contributed by atoms with Crippen LogP contribution in [0.2, 0.25) is 0 Å². The molecule has 0 N–H and O–H groups in total. The Morgan fingerprint density at radius 2 is 1.58 bits per heavy atom. The predicted octanol–water partition coefficient (Wildman–Crippen LogP) is 6.67. The maximum Gasteiger partial charge on any atom is 0.282 e. The first kappa shape index (κ1) is 25.4. The number of aromatic nitrogens is 1. The Balaban J connectivity index is 1.71. The lowest BCUT2D eigenvalue weighted by molar-refractivity contribution is -0.384. The first-order valence-corrected chi connectivity index (χ1v) is 13.7. The molecule has 0 fully saturated rings. The zero-order valence-corrected chi connectivity index (χ0v) is 21.6. The van der Waals surface area contributed by atoms with Crippen molar-refractivity contribution in [1.82, 2.24) is 4.40 Å². The van der Waals surface area contributed by atoms with Gasteiger partial charge in [-0.3, -0.25) is 10.1 Å². The van der Waals surface area contributed by atoms with Crippen molar-refractivity contribution < 1.29 is 17.7 Å². The number of rotatable bonds is 7. The minimum Gasteiger partial charge on any atom is -0.314 e. The van der Waals surface area contributed by atoms with Crippen LogP contribution in [0, 0.1) is 22.9 Å². The van der Waals surface area contributed by atoms with Crippen molar-refractivity contribution in [3.63, 3.8) is 0 Å². The summed E-state index contributed by atoms with van der Waals surface area (Å²) in [5.41, 5.74) is 3.03. The van der Waals surface area contributed by atoms with Crippen LogP contribution in [0.1, 0.15) is 16.8 Å². The van der Waals surface area contributed by atoms with Gasteiger partial charge in [0.15, 0.2) is 0 Å². The van der Waals surface area contributed by atoms with Gasteiger partial charge in [0.1, 0.15) is 11.5 Å². The van der Waals surface area contributed by atoms with Gasteiger partial charge in [0, 0.05) is 33.7 Å². The van der Waals surface area contributed by atoms with Crippen molar-refractivity contribution in [3.05, 3.63) is 136 Å². The number of non-ortho nitro benzene ring substituents is 1. The molecular weight excluding hydrogens is 525 g/mol. The smallest absolute Gasteiger partial charge is 0.282 e. The summed E-state index contributed by atoms with van der Waals surface area (Å²) in [6.07, 6.45) is 1.83. The van der Waals surface area contributed by atoms with E-state index in [1.165, 1.54) is 36.0 Å². The van der Waals surface area contributed by atoms with Crippen LogP contribution < -0.4 is 0 Å². The summed E-state index contributed by atoms with van der Waals surface area (Å²) in [6.45, 7) is 1.89. The van der Waals surface area contributed by atoms with E-state index in [4.69, 9.17) is 0 Å². The third-order valence-corrected chi connectivity index (χ3v) is 8.41. The maximum absolute atomic E-state index is 13.5. The molecular formula is C28H20FN3O4S2. The van der Waals surface area contributed by atoms with Crippen molar-refractivity contribution in [2.24, 2.45) is 4.40 Å². The van der Waals surface area contributed by atoms with Crippen LogP contribution in [0.4, 0.5) is 10.1 Å². The Hall–Kier alpha value is -4.28. The van der Waals surface area contributed by atoms with Gasteiger partial charge in [0.2, 0.25) is 0 Å². The molecule has 0 aliphatic heterocycles. The fraction of sp³-hybridized carbons (Fsp3) is 0.0357. The second kappa shape index (κ2) is 10.2. The second-order valence-electron chi connectivity index (χ2n) is 8.35. The van der Waals surface area contributed by atoms with Crippen LogP contribution in [0.15, 0.2) is 122 Å². The van der Waals surface area contributed by atoms with Crippen molar-refractivity contribution in [3.8, 4) is 0 Å². The van der Waals surface area contributed by atoms with Gasteiger partial charge < -0.3 is 4.40 Å². The van der Waals surface area contributed by atoms with Crippen LogP contribution in [0.5, 0.6) is 0 Å². The molecule has 0 radical (unpaired) electrons. The van der Waals surface area contributed by atoms with E-state index >= 15 is 0 Å². The second-order valence-corrected chi connectivity index (χ2v) is 11.0. The van der Waals surface area contributed by atoms with Gasteiger partial charge in [0.05, 0.1) is 21.0 Å². The van der Waals surface area contributed by atoms with E-state index in [9.17, 15) is 22.9 Å². The molecule has 3 aromatic carbocycles. The van der Waals surface area contributed by atoms with Crippen molar-refractivity contribution >= 4 is 38.7 Å². The van der Waals surface area contributed by atoms with E-state index < -0.39 is 20.8 Å². The highest BCUT2D eigenvalue weighted by Crippen LogP contribution is 2.38. The van der Waals surface area contributed by atoms with Crippen LogP contribution in [0.25, 0.3) is 5.52 Å². The van der Waals surface area contributed by atoms with Gasteiger partial charge in [-0.1, -0.05) is 48.2 Å². The molecule has 0 aliphatic rings. The van der Waals surface area contributed by atoms with Gasteiger partial charge in [-0.05, 0) is 61.0 Å². The van der Waals surface area contributed by atoms with E-state index in [0.717, 1.165) is 33.0 Å². The molecule has 10 heteroatoms. The van der Waals surface area contributed by atoms with Gasteiger partial charge in [-0.2, -0.15) is 12.8 Å². The van der Waals surface area contributed by atoms with E-state index in [1.807, 2.05) is 41.8 Å². The minimum atomic E-state index is -4.18. The molecule has 7 nitrogen and oxygen atoms in total. The summed E-state index contributed by atoms with van der Waals surface area (Å²) >= 11 is 1.42. The van der Waals surface area contributed by atoms with Gasteiger partial charge in [-0.25, -0.2) is 4.39 Å². The molecule has 2 heterocycles. The molecule has 2 aromatic heterocycles. The van der Waals surface area contributed by atoms with Crippen LogP contribution in [-0.4, -0.2) is 23.5 Å². The molecule has 0 saturated heterocycles. The molecule has 5 rings (SSSR count). The number of hydrogen-bond donors (Lipinski definition) is 0. The Morgan fingerprint density at radius 1 is 0.921 bits per heavy atom. The standard InChI is InChI=1S/C28H20FN3O4S2/c1-19-27(26(20-7-3-2-4-8-20)30-38(35,36)24-16-10-21(29)11-17-24)31-18-6-5-9-25(31)28(19)37-23-14-12-22(13-15-23)32(33)34/h2-18H,1H3. The zero-order chi connectivity index (χ0) is 26.9. The summed E-state index contributed by atoms with van der Waals surface area (Å²) in [5.74, 6) is -0.544. The van der Waals surface area contributed by atoms with Crippen LogP contribution in [0.3, 0.4) is 0 Å². The Kier molecular flexibility index (Phi) is 6.83. The number of pyridine rings is 1. The molecule has 0 spiro atoms. The molecule has 0 unspecified atom stereocenters. The lowest BCUT2D eigenvalue weighted by Crippen LogP contribution is -2.12. The fourth-order valence-electron chi connectivity index (χ4n) is 4.09. The number of nitro benzene ring substituents is 1. The molecule has 190 valence electrons. The number of benzene rings is 3. The normalized spacial score (nSPS) is 12.1. The molecule has 0 bridgehead atoms. The summed E-state index contributed by atoms with van der Waals surface area (Å²) in [5, 5.41) is 11.1. The largest absolute Gasteiger partial charge is 0.314 e. The number of nitrogens with zero attached hydrogens (tertiary/aromatic N) is 3. The average Bonchev–Trinajstić information content (AvgIpc) is 3.19. The predicted molar refractivity (Wildman–Crippen MR) is 145 cm³/mol. The van der Waals surface area contributed by atoms with Crippen LogP contribution >= 0.6 is 11.8 Å². The molecule has 38 heavy (non-hydrogen) atoms. The molecule has 0 atom stereocenters.